The largest absolute Gasteiger partial charge is 0.313 e. The predicted octanol–water partition coefficient (Wildman–Crippen LogP) is 6.01. The van der Waals surface area contributed by atoms with Gasteiger partial charge in [-0.3, -0.25) is 9.59 Å². The van der Waals surface area contributed by atoms with Gasteiger partial charge in [-0.05, 0) is 47.8 Å². The van der Waals surface area contributed by atoms with Crippen molar-refractivity contribution in [2.75, 3.05) is 4.90 Å². The fraction of sp³-hybridized carbons (Fsp3) is 0.172. The van der Waals surface area contributed by atoms with E-state index in [4.69, 9.17) is 0 Å². The minimum absolute atomic E-state index is 0.0153. The minimum Gasteiger partial charge on any atom is -0.313 e. The maximum absolute atomic E-state index is 13.4. The van der Waals surface area contributed by atoms with Crippen LogP contribution in [0.2, 0.25) is 0 Å². The molecule has 2 bridgehead atoms. The van der Waals surface area contributed by atoms with Crippen LogP contribution in [0.5, 0.6) is 0 Å². The second-order valence-electron chi connectivity index (χ2n) is 9.28. The number of ketones is 2. The van der Waals surface area contributed by atoms with Gasteiger partial charge < -0.3 is 4.90 Å². The molecule has 1 heterocycles. The minimum atomic E-state index is -0.165. The topological polar surface area (TPSA) is 37.4 Å². The first-order valence-electron chi connectivity index (χ1n) is 11.0. The van der Waals surface area contributed by atoms with Crippen molar-refractivity contribution in [2.45, 2.75) is 32.1 Å². The second-order valence-corrected chi connectivity index (χ2v) is 9.28. The van der Waals surface area contributed by atoms with E-state index in [1.54, 1.807) is 18.2 Å². The summed E-state index contributed by atoms with van der Waals surface area (Å²) in [4.78, 5) is 28.7. The van der Waals surface area contributed by atoms with Crippen molar-refractivity contribution in [2.24, 2.45) is 0 Å². The number of fused-ring (bicyclic) bond motifs is 3. The molecule has 6 rings (SSSR count). The molecular weight excluding hydrogens is 394 g/mol. The smallest absolute Gasteiger partial charge is 0.190 e. The number of anilines is 2. The molecule has 3 aliphatic carbocycles. The van der Waals surface area contributed by atoms with E-state index in [2.05, 4.69) is 61.7 Å². The molecule has 4 aliphatic rings. The highest BCUT2D eigenvalue weighted by Crippen LogP contribution is 2.53. The number of nitrogens with zero attached hydrogens (tertiary/aromatic N) is 1. The highest BCUT2D eigenvalue weighted by molar-refractivity contribution is 6.23. The van der Waals surface area contributed by atoms with Gasteiger partial charge in [0.1, 0.15) is 0 Å². The van der Waals surface area contributed by atoms with Gasteiger partial charge in [-0.2, -0.15) is 0 Å². The maximum atomic E-state index is 13.4. The number of benzene rings is 2. The molecule has 2 aromatic carbocycles. The van der Waals surface area contributed by atoms with Crippen molar-refractivity contribution in [3.63, 3.8) is 0 Å². The molecule has 156 valence electrons. The van der Waals surface area contributed by atoms with Gasteiger partial charge in [-0.25, -0.2) is 0 Å². The summed E-state index contributed by atoms with van der Waals surface area (Å²) in [5.74, 6) is -0.0559. The molecule has 0 radical (unpaired) electrons. The van der Waals surface area contributed by atoms with Gasteiger partial charge in [0, 0.05) is 44.8 Å². The van der Waals surface area contributed by atoms with Crippen molar-refractivity contribution in [3.8, 4) is 0 Å². The van der Waals surface area contributed by atoms with E-state index in [1.165, 1.54) is 11.1 Å². The monoisotopic (exact) mass is 417 g/mol. The Morgan fingerprint density at radius 3 is 2.16 bits per heavy atom. The first kappa shape index (κ1) is 19.0. The summed E-state index contributed by atoms with van der Waals surface area (Å²) < 4.78 is 0. The number of carbonyl (C=O) groups excluding carboxylic acids is 2. The van der Waals surface area contributed by atoms with Gasteiger partial charge in [0.25, 0.3) is 0 Å². The predicted molar refractivity (Wildman–Crippen MR) is 127 cm³/mol. The zero-order chi connectivity index (χ0) is 22.2. The van der Waals surface area contributed by atoms with Gasteiger partial charge in [0.05, 0.1) is 0 Å². The zero-order valence-electron chi connectivity index (χ0n) is 18.2. The lowest BCUT2D eigenvalue weighted by molar-refractivity contribution is -0.112. The highest BCUT2D eigenvalue weighted by Gasteiger charge is 2.43. The van der Waals surface area contributed by atoms with Crippen LogP contribution in [0, 0.1) is 0 Å². The Balaban J connectivity index is 1.69. The number of rotatable bonds is 1. The quantitative estimate of drug-likeness (QED) is 0.570. The van der Waals surface area contributed by atoms with E-state index < -0.39 is 0 Å². The van der Waals surface area contributed by atoms with Gasteiger partial charge in [0.2, 0.25) is 0 Å². The molecule has 0 atom stereocenters. The summed E-state index contributed by atoms with van der Waals surface area (Å²) in [6.45, 7) is 8.71. The van der Waals surface area contributed by atoms with E-state index in [1.807, 2.05) is 12.1 Å². The van der Waals surface area contributed by atoms with Crippen molar-refractivity contribution >= 4 is 22.9 Å². The van der Waals surface area contributed by atoms with Gasteiger partial charge >= 0.3 is 0 Å². The molecule has 0 N–H and O–H groups in total. The van der Waals surface area contributed by atoms with Crippen LogP contribution in [0.3, 0.4) is 0 Å². The third-order valence-electron chi connectivity index (χ3n) is 7.26. The van der Waals surface area contributed by atoms with E-state index in [9.17, 15) is 9.59 Å². The lowest BCUT2D eigenvalue weighted by Gasteiger charge is -2.44. The number of carbonyl (C=O) groups is 2. The maximum Gasteiger partial charge on any atom is 0.190 e. The van der Waals surface area contributed by atoms with Crippen LogP contribution in [-0.2, 0) is 15.0 Å². The summed E-state index contributed by atoms with van der Waals surface area (Å²) in [5, 5.41) is 0. The summed E-state index contributed by atoms with van der Waals surface area (Å²) >= 11 is 0. The van der Waals surface area contributed by atoms with Crippen LogP contribution in [-0.4, -0.2) is 11.6 Å². The van der Waals surface area contributed by atoms with Crippen LogP contribution < -0.4 is 4.90 Å². The second kappa shape index (κ2) is 6.39. The molecule has 0 unspecified atom stereocenters. The summed E-state index contributed by atoms with van der Waals surface area (Å²) in [6.07, 6.45) is 6.23. The molecule has 32 heavy (non-hydrogen) atoms. The summed E-state index contributed by atoms with van der Waals surface area (Å²) in [5.41, 5.74) is 8.80. The number of hydrogen-bond acceptors (Lipinski definition) is 3. The molecule has 0 amide bonds. The van der Waals surface area contributed by atoms with E-state index in [0.29, 0.717) is 29.6 Å². The highest BCUT2D eigenvalue weighted by atomic mass is 16.1. The SMILES string of the molecule is C=C1C2=C3CCC(N4c5ccccc5C(C)(C)c5ccccc54)=C2C(=O)/C=C\C=C/1C3=O. The standard InChI is InChI=1S/C29H23NO2/c1-17-18-9-8-14-25(31)27-24(16-15-19(26(17)27)28(18)32)30-22-12-6-4-10-20(22)29(2,3)21-11-5-7-13-23(21)30/h4-14H,1,15-16H2,2-3H3/b14-8-,18-9+. The lowest BCUT2D eigenvalue weighted by Crippen LogP contribution is -2.34. The van der Waals surface area contributed by atoms with Gasteiger partial charge in [-0.1, -0.05) is 69.0 Å². The Bertz CT molecular complexity index is 1340. The fourth-order valence-electron chi connectivity index (χ4n) is 5.72. The van der Waals surface area contributed by atoms with Gasteiger partial charge in [0.15, 0.2) is 11.6 Å². The van der Waals surface area contributed by atoms with Crippen molar-refractivity contribution < 1.29 is 9.59 Å². The Kier molecular flexibility index (Phi) is 3.80. The molecule has 0 aromatic heterocycles. The van der Waals surface area contributed by atoms with Crippen LogP contribution in [0.25, 0.3) is 0 Å². The number of Topliss-reactive ketones (excluding diaryl/α,β-unsaturated/α-hetero) is 1. The third-order valence-corrected chi connectivity index (χ3v) is 7.26. The average molecular weight is 418 g/mol. The Labute approximate surface area is 187 Å². The molecule has 3 heteroatoms. The van der Waals surface area contributed by atoms with E-state index in [-0.39, 0.29) is 17.0 Å². The van der Waals surface area contributed by atoms with Crippen molar-refractivity contribution in [1.82, 2.24) is 0 Å². The molecule has 1 aliphatic heterocycles. The van der Waals surface area contributed by atoms with Crippen LogP contribution in [0.15, 0.2) is 107 Å². The first-order chi connectivity index (χ1) is 15.4. The normalized spacial score (nSPS) is 23.4. The molecule has 0 spiro atoms. The number of allylic oxidation sites excluding steroid dienone is 9. The molecular formula is C29H23NO2. The van der Waals surface area contributed by atoms with Crippen LogP contribution in [0.1, 0.15) is 37.8 Å². The lowest BCUT2D eigenvalue weighted by atomic mass is 9.73. The Morgan fingerprint density at radius 2 is 1.50 bits per heavy atom. The summed E-state index contributed by atoms with van der Waals surface area (Å²) in [6, 6.07) is 16.9. The molecule has 3 nitrogen and oxygen atoms in total. The zero-order valence-corrected chi connectivity index (χ0v) is 18.2. The number of hydrogen-bond donors (Lipinski definition) is 0. The van der Waals surface area contributed by atoms with E-state index in [0.717, 1.165) is 28.2 Å². The molecule has 2 aromatic rings. The molecule has 0 saturated carbocycles. The molecule has 0 fully saturated rings. The third kappa shape index (κ3) is 2.31. The van der Waals surface area contributed by atoms with Gasteiger partial charge in [-0.15, -0.1) is 0 Å². The summed E-state index contributed by atoms with van der Waals surface area (Å²) in [7, 11) is 0. The Hall–Kier alpha value is -3.72. The van der Waals surface area contributed by atoms with Crippen molar-refractivity contribution in [3.05, 3.63) is 118 Å². The van der Waals surface area contributed by atoms with Crippen molar-refractivity contribution in [1.29, 1.82) is 0 Å². The van der Waals surface area contributed by atoms with Crippen LogP contribution in [0.4, 0.5) is 11.4 Å². The van der Waals surface area contributed by atoms with Crippen LogP contribution >= 0.6 is 0 Å². The number of para-hydroxylation sites is 2. The average Bonchev–Trinajstić information content (AvgIpc) is 3.04. The van der Waals surface area contributed by atoms with E-state index >= 15 is 0 Å². The fourth-order valence-corrected chi connectivity index (χ4v) is 5.72. The Morgan fingerprint density at radius 1 is 0.875 bits per heavy atom. The molecule has 0 saturated heterocycles. The first-order valence-corrected chi connectivity index (χ1v) is 11.0.